The van der Waals surface area contributed by atoms with Crippen molar-refractivity contribution in [2.24, 2.45) is 0 Å². The molecule has 0 radical (unpaired) electrons. The van der Waals surface area contributed by atoms with Crippen LogP contribution < -0.4 is 4.90 Å². The summed E-state index contributed by atoms with van der Waals surface area (Å²) in [7, 11) is 3.84. The van der Waals surface area contributed by atoms with E-state index >= 15 is 0 Å². The second kappa shape index (κ2) is 8.21. The predicted octanol–water partition coefficient (Wildman–Crippen LogP) is 4.84. The van der Waals surface area contributed by atoms with E-state index in [1.54, 1.807) is 0 Å². The van der Waals surface area contributed by atoms with E-state index in [1.807, 2.05) is 84.7 Å². The van der Waals surface area contributed by atoms with Crippen LogP contribution in [0.4, 0.5) is 5.95 Å². The lowest BCUT2D eigenvalue weighted by Crippen LogP contribution is -2.31. The third-order valence-electron chi connectivity index (χ3n) is 5.21. The molecule has 29 heavy (non-hydrogen) atoms. The van der Waals surface area contributed by atoms with Crippen molar-refractivity contribution in [3.63, 3.8) is 0 Å². The van der Waals surface area contributed by atoms with Gasteiger partial charge >= 0.3 is 0 Å². The van der Waals surface area contributed by atoms with Gasteiger partial charge in [-0.15, -0.1) is 0 Å². The molecule has 1 saturated heterocycles. The van der Waals surface area contributed by atoms with Crippen LogP contribution in [0.3, 0.4) is 0 Å². The molecule has 3 aromatic rings. The van der Waals surface area contributed by atoms with Crippen LogP contribution in [0.25, 0.3) is 11.1 Å². The van der Waals surface area contributed by atoms with E-state index in [-0.39, 0.29) is 11.9 Å². The monoisotopic (exact) mass is 406 g/mol. The maximum absolute atomic E-state index is 13.2. The first kappa shape index (κ1) is 19.4. The van der Waals surface area contributed by atoms with Crippen LogP contribution in [-0.4, -0.2) is 41.4 Å². The van der Waals surface area contributed by atoms with Crippen molar-refractivity contribution >= 4 is 23.5 Å². The molecule has 0 aliphatic carbocycles. The zero-order valence-corrected chi connectivity index (χ0v) is 17.3. The quantitative estimate of drug-likeness (QED) is 0.622. The molecule has 1 atom stereocenters. The first-order chi connectivity index (χ1) is 14.0. The number of nitrogens with zero attached hydrogens (tertiary/aromatic N) is 4. The maximum Gasteiger partial charge on any atom is 0.254 e. The summed E-state index contributed by atoms with van der Waals surface area (Å²) in [5, 5.41) is 0.683. The SMILES string of the molecule is CN(C)c1ncc(-c2ccc(Cl)cc2)c([C@@H]2CCCN2C(=O)c2ccccc2)n1. The Morgan fingerprint density at radius 3 is 2.52 bits per heavy atom. The van der Waals surface area contributed by atoms with E-state index in [0.29, 0.717) is 16.5 Å². The van der Waals surface area contributed by atoms with E-state index in [4.69, 9.17) is 16.6 Å². The molecular weight excluding hydrogens is 384 g/mol. The molecule has 1 fully saturated rings. The van der Waals surface area contributed by atoms with Gasteiger partial charge in [-0.25, -0.2) is 9.97 Å². The second-order valence-corrected chi connectivity index (χ2v) is 7.83. The average molecular weight is 407 g/mol. The number of aromatic nitrogens is 2. The second-order valence-electron chi connectivity index (χ2n) is 7.39. The van der Waals surface area contributed by atoms with Gasteiger partial charge in [-0.2, -0.15) is 0 Å². The standard InChI is InChI=1S/C23H23ClN4O/c1-27(2)23-25-15-19(16-10-12-18(24)13-11-16)21(26-23)20-9-6-14-28(20)22(29)17-7-4-3-5-8-17/h3-5,7-8,10-13,15,20H,6,9,14H2,1-2H3/t20-/m0/s1. The Kier molecular flexibility index (Phi) is 5.49. The predicted molar refractivity (Wildman–Crippen MR) is 116 cm³/mol. The molecule has 4 rings (SSSR count). The van der Waals surface area contributed by atoms with E-state index in [1.165, 1.54) is 0 Å². The van der Waals surface area contributed by atoms with Crippen molar-refractivity contribution in [3.05, 3.63) is 77.1 Å². The summed E-state index contributed by atoms with van der Waals surface area (Å²) in [5.41, 5.74) is 3.51. The van der Waals surface area contributed by atoms with Gasteiger partial charge in [0.25, 0.3) is 5.91 Å². The van der Waals surface area contributed by atoms with E-state index < -0.39 is 0 Å². The molecule has 0 saturated carbocycles. The fourth-order valence-electron chi connectivity index (χ4n) is 3.75. The summed E-state index contributed by atoms with van der Waals surface area (Å²) in [6.07, 6.45) is 3.68. The van der Waals surface area contributed by atoms with E-state index in [2.05, 4.69) is 4.98 Å². The van der Waals surface area contributed by atoms with Gasteiger partial charge in [0.2, 0.25) is 5.95 Å². The Morgan fingerprint density at radius 2 is 1.83 bits per heavy atom. The summed E-state index contributed by atoms with van der Waals surface area (Å²) in [6.45, 7) is 0.722. The Hall–Kier alpha value is -2.92. The molecule has 6 heteroatoms. The number of likely N-dealkylation sites (tertiary alicyclic amines) is 1. The molecule has 1 aromatic heterocycles. The molecule has 5 nitrogen and oxygen atoms in total. The smallest absolute Gasteiger partial charge is 0.254 e. The van der Waals surface area contributed by atoms with Crippen LogP contribution >= 0.6 is 11.6 Å². The normalized spacial score (nSPS) is 16.1. The van der Waals surface area contributed by atoms with Gasteiger partial charge in [0, 0.05) is 43.0 Å². The van der Waals surface area contributed by atoms with Gasteiger partial charge in [0.1, 0.15) is 0 Å². The lowest BCUT2D eigenvalue weighted by atomic mass is 9.99. The summed E-state index contributed by atoms with van der Waals surface area (Å²) in [5.74, 6) is 0.678. The first-order valence-corrected chi connectivity index (χ1v) is 10.1. The van der Waals surface area contributed by atoms with E-state index in [0.717, 1.165) is 36.2 Å². The zero-order valence-electron chi connectivity index (χ0n) is 16.5. The van der Waals surface area contributed by atoms with Crippen LogP contribution in [0.2, 0.25) is 5.02 Å². The Labute approximate surface area is 176 Å². The fraction of sp³-hybridized carbons (Fsp3) is 0.261. The first-order valence-electron chi connectivity index (χ1n) is 9.71. The highest BCUT2D eigenvalue weighted by molar-refractivity contribution is 6.30. The number of halogens is 1. The van der Waals surface area contributed by atoms with Crippen LogP contribution in [0.5, 0.6) is 0 Å². The highest BCUT2D eigenvalue weighted by Gasteiger charge is 2.33. The summed E-state index contributed by atoms with van der Waals surface area (Å²) < 4.78 is 0. The number of amides is 1. The molecule has 2 aromatic carbocycles. The summed E-state index contributed by atoms with van der Waals surface area (Å²) in [4.78, 5) is 26.4. The minimum absolute atomic E-state index is 0.0418. The molecular formula is C23H23ClN4O. The lowest BCUT2D eigenvalue weighted by molar-refractivity contribution is 0.0733. The Bertz CT molecular complexity index is 1010. The van der Waals surface area contributed by atoms with Gasteiger partial charge in [0.15, 0.2) is 0 Å². The lowest BCUT2D eigenvalue weighted by Gasteiger charge is -2.27. The third kappa shape index (κ3) is 3.96. The fourth-order valence-corrected chi connectivity index (χ4v) is 3.87. The number of carbonyl (C=O) groups is 1. The van der Waals surface area contributed by atoms with Crippen LogP contribution in [-0.2, 0) is 0 Å². The summed E-state index contributed by atoms with van der Waals surface area (Å²) >= 11 is 6.07. The highest BCUT2D eigenvalue weighted by Crippen LogP contribution is 2.38. The highest BCUT2D eigenvalue weighted by atomic mass is 35.5. The number of carbonyl (C=O) groups excluding carboxylic acids is 1. The Morgan fingerprint density at radius 1 is 1.10 bits per heavy atom. The van der Waals surface area contributed by atoms with Crippen molar-refractivity contribution in [2.75, 3.05) is 25.5 Å². The number of rotatable bonds is 4. The maximum atomic E-state index is 13.2. The molecule has 148 valence electrons. The van der Waals surface area contributed by atoms with Crippen molar-refractivity contribution in [2.45, 2.75) is 18.9 Å². The van der Waals surface area contributed by atoms with Crippen molar-refractivity contribution < 1.29 is 4.79 Å². The summed E-state index contributed by atoms with van der Waals surface area (Å²) in [6, 6.07) is 17.0. The van der Waals surface area contributed by atoms with Gasteiger partial charge in [-0.1, -0.05) is 41.9 Å². The third-order valence-corrected chi connectivity index (χ3v) is 5.46. The zero-order chi connectivity index (χ0) is 20.4. The molecule has 1 amide bonds. The van der Waals surface area contributed by atoms with Gasteiger partial charge in [-0.05, 0) is 42.7 Å². The van der Waals surface area contributed by atoms with Crippen molar-refractivity contribution in [1.29, 1.82) is 0 Å². The number of hydrogen-bond donors (Lipinski definition) is 0. The molecule has 1 aliphatic rings. The number of benzene rings is 2. The van der Waals surface area contributed by atoms with Crippen molar-refractivity contribution in [3.8, 4) is 11.1 Å². The van der Waals surface area contributed by atoms with Crippen LogP contribution in [0.15, 0.2) is 60.8 Å². The van der Waals surface area contributed by atoms with Gasteiger partial charge in [-0.3, -0.25) is 4.79 Å². The average Bonchev–Trinajstić information content (AvgIpc) is 3.23. The van der Waals surface area contributed by atoms with Crippen LogP contribution in [0.1, 0.15) is 34.9 Å². The minimum atomic E-state index is -0.0879. The van der Waals surface area contributed by atoms with E-state index in [9.17, 15) is 4.79 Å². The molecule has 0 unspecified atom stereocenters. The van der Waals surface area contributed by atoms with Crippen LogP contribution in [0, 0.1) is 0 Å². The van der Waals surface area contributed by atoms with Gasteiger partial charge < -0.3 is 9.80 Å². The molecule has 2 heterocycles. The molecule has 0 bridgehead atoms. The number of anilines is 1. The molecule has 1 aliphatic heterocycles. The minimum Gasteiger partial charge on any atom is -0.347 e. The topological polar surface area (TPSA) is 49.3 Å². The largest absolute Gasteiger partial charge is 0.347 e. The number of hydrogen-bond acceptors (Lipinski definition) is 4. The molecule has 0 spiro atoms. The Balaban J connectivity index is 1.78. The van der Waals surface area contributed by atoms with Crippen molar-refractivity contribution in [1.82, 2.24) is 14.9 Å². The van der Waals surface area contributed by atoms with Gasteiger partial charge in [0.05, 0.1) is 11.7 Å². The molecule has 0 N–H and O–H groups in total.